The molecule has 0 aromatic heterocycles. The van der Waals surface area contributed by atoms with Gasteiger partial charge in [-0.2, -0.15) is 0 Å². The first kappa shape index (κ1) is 16.7. The average molecular weight is 277 g/mol. The van der Waals surface area contributed by atoms with Crippen LogP contribution in [0.1, 0.15) is 13.3 Å². The van der Waals surface area contributed by atoms with E-state index in [1.165, 1.54) is 0 Å². The van der Waals surface area contributed by atoms with Crippen molar-refractivity contribution in [3.8, 4) is 0 Å². The van der Waals surface area contributed by atoms with E-state index in [-0.39, 0.29) is 5.91 Å². The Morgan fingerprint density at radius 2 is 2.00 bits per heavy atom. The highest BCUT2D eigenvalue weighted by molar-refractivity contribution is 5.96. The first-order valence-electron chi connectivity index (χ1n) is 7.35. The third kappa shape index (κ3) is 6.17. The fourth-order valence-electron chi connectivity index (χ4n) is 2.03. The summed E-state index contributed by atoms with van der Waals surface area (Å²) >= 11 is 0. The molecule has 0 bridgehead atoms. The van der Waals surface area contributed by atoms with Crippen LogP contribution >= 0.6 is 0 Å². The summed E-state index contributed by atoms with van der Waals surface area (Å²) in [6.45, 7) is 11.7. The molecule has 0 aromatic carbocycles. The molecule has 4 nitrogen and oxygen atoms in total. The van der Waals surface area contributed by atoms with Gasteiger partial charge in [0.05, 0.1) is 0 Å². The molecule has 1 aliphatic heterocycles. The van der Waals surface area contributed by atoms with Crippen LogP contribution in [0.4, 0.5) is 0 Å². The van der Waals surface area contributed by atoms with Crippen molar-refractivity contribution < 1.29 is 4.79 Å². The number of allylic oxidation sites excluding steroid dienone is 2. The third-order valence-electron chi connectivity index (χ3n) is 3.35. The summed E-state index contributed by atoms with van der Waals surface area (Å²) in [4.78, 5) is 16.6. The molecule has 1 rings (SSSR count). The second-order valence-electron chi connectivity index (χ2n) is 5.12. The van der Waals surface area contributed by atoms with Crippen LogP contribution in [0.15, 0.2) is 36.5 Å². The molecule has 1 saturated heterocycles. The molecule has 0 unspecified atom stereocenters. The minimum atomic E-state index is -0.0265. The van der Waals surface area contributed by atoms with Crippen molar-refractivity contribution >= 4 is 5.91 Å². The van der Waals surface area contributed by atoms with Gasteiger partial charge in [-0.1, -0.05) is 37.8 Å². The molecule has 20 heavy (non-hydrogen) atoms. The van der Waals surface area contributed by atoms with Crippen LogP contribution in [0.3, 0.4) is 0 Å². The van der Waals surface area contributed by atoms with Gasteiger partial charge in [-0.05, 0) is 13.5 Å². The molecule has 1 fully saturated rings. The molecule has 4 heteroatoms. The maximum Gasteiger partial charge on any atom is 0.251 e. The van der Waals surface area contributed by atoms with Crippen LogP contribution in [0.2, 0.25) is 0 Å². The number of carbonyl (C=O) groups is 1. The fraction of sp³-hybridized carbons (Fsp3) is 0.562. The van der Waals surface area contributed by atoms with Gasteiger partial charge < -0.3 is 10.2 Å². The molecule has 1 heterocycles. The van der Waals surface area contributed by atoms with E-state index in [1.807, 2.05) is 13.0 Å². The van der Waals surface area contributed by atoms with Crippen molar-refractivity contribution in [2.45, 2.75) is 13.3 Å². The highest BCUT2D eigenvalue weighted by Gasteiger charge is 2.12. The number of hydrogen-bond acceptors (Lipinski definition) is 3. The van der Waals surface area contributed by atoms with Crippen molar-refractivity contribution in [3.63, 3.8) is 0 Å². The third-order valence-corrected chi connectivity index (χ3v) is 3.35. The van der Waals surface area contributed by atoms with E-state index in [1.54, 1.807) is 12.2 Å². The van der Waals surface area contributed by atoms with Gasteiger partial charge in [0.1, 0.15) is 0 Å². The lowest BCUT2D eigenvalue weighted by atomic mass is 10.2. The van der Waals surface area contributed by atoms with Crippen LogP contribution < -0.4 is 5.32 Å². The lowest BCUT2D eigenvalue weighted by Crippen LogP contribution is -2.44. The van der Waals surface area contributed by atoms with E-state index in [9.17, 15) is 4.79 Å². The maximum absolute atomic E-state index is 11.9. The molecule has 112 valence electrons. The first-order valence-corrected chi connectivity index (χ1v) is 7.35. The zero-order valence-electron chi connectivity index (χ0n) is 12.8. The Labute approximate surface area is 122 Å². The van der Waals surface area contributed by atoms with Gasteiger partial charge in [0, 0.05) is 44.8 Å². The number of rotatable bonds is 7. The average Bonchev–Trinajstić information content (AvgIpc) is 2.46. The lowest BCUT2D eigenvalue weighted by molar-refractivity contribution is -0.117. The number of carbonyl (C=O) groups excluding carboxylic acids is 1. The van der Waals surface area contributed by atoms with Crippen molar-refractivity contribution in [1.29, 1.82) is 0 Å². The minimum Gasteiger partial charge on any atom is -0.352 e. The zero-order valence-corrected chi connectivity index (χ0v) is 12.8. The topological polar surface area (TPSA) is 35.6 Å². The number of amides is 1. The Bertz CT molecular complexity index is 366. The quantitative estimate of drug-likeness (QED) is 0.565. The summed E-state index contributed by atoms with van der Waals surface area (Å²) in [5.41, 5.74) is 0.669. The van der Waals surface area contributed by atoms with E-state index >= 15 is 0 Å². The van der Waals surface area contributed by atoms with Gasteiger partial charge in [-0.15, -0.1) is 0 Å². The number of hydrogen-bond donors (Lipinski definition) is 1. The van der Waals surface area contributed by atoms with Crippen molar-refractivity contribution in [2.75, 3.05) is 46.3 Å². The summed E-state index contributed by atoms with van der Waals surface area (Å²) in [6, 6.07) is 0. The van der Waals surface area contributed by atoms with E-state index < -0.39 is 0 Å². The molecule has 0 aliphatic carbocycles. The highest BCUT2D eigenvalue weighted by Crippen LogP contribution is 2.02. The largest absolute Gasteiger partial charge is 0.352 e. The Morgan fingerprint density at radius 1 is 1.30 bits per heavy atom. The summed E-state index contributed by atoms with van der Waals surface area (Å²) in [5, 5.41) is 2.88. The molecule has 0 aromatic rings. The van der Waals surface area contributed by atoms with Gasteiger partial charge in [-0.25, -0.2) is 0 Å². The molecular weight excluding hydrogens is 250 g/mol. The first-order chi connectivity index (χ1) is 9.67. The van der Waals surface area contributed by atoms with Crippen LogP contribution in [0.5, 0.6) is 0 Å². The standard InChI is InChI=1S/C16H27N3O/c1-4-7-15(16(20)17-9-5-2)8-6-10-19-13-11-18(3)12-14-19/h4,6-8H,1,5,9-14H2,2-3H3,(H,17,20)/b8-6-,15-7+. The number of piperazine rings is 1. The molecule has 1 amide bonds. The monoisotopic (exact) mass is 277 g/mol. The van der Waals surface area contributed by atoms with Gasteiger partial charge in [0.15, 0.2) is 0 Å². The molecule has 0 spiro atoms. The molecule has 0 atom stereocenters. The Kier molecular flexibility index (Phi) is 7.92. The molecular formula is C16H27N3O. The smallest absolute Gasteiger partial charge is 0.251 e. The Balaban J connectivity index is 2.45. The SMILES string of the molecule is C=C/C=C(\C=C/CN1CCN(C)CC1)C(=O)NCCC. The predicted molar refractivity (Wildman–Crippen MR) is 84.7 cm³/mol. The van der Waals surface area contributed by atoms with Gasteiger partial charge in [0.2, 0.25) is 0 Å². The van der Waals surface area contributed by atoms with Gasteiger partial charge in [0.25, 0.3) is 5.91 Å². The lowest BCUT2D eigenvalue weighted by Gasteiger charge is -2.31. The van der Waals surface area contributed by atoms with Crippen LogP contribution in [-0.2, 0) is 4.79 Å². The zero-order chi connectivity index (χ0) is 14.8. The molecule has 0 radical (unpaired) electrons. The molecule has 0 saturated carbocycles. The number of nitrogens with zero attached hydrogens (tertiary/aromatic N) is 2. The normalized spacial score (nSPS) is 18.4. The molecule has 1 aliphatic rings. The van der Waals surface area contributed by atoms with Crippen LogP contribution in [0, 0.1) is 0 Å². The second kappa shape index (κ2) is 9.50. The van der Waals surface area contributed by atoms with E-state index in [0.29, 0.717) is 12.1 Å². The predicted octanol–water partition coefficient (Wildman–Crippen LogP) is 1.43. The highest BCUT2D eigenvalue weighted by atomic mass is 16.1. The second-order valence-corrected chi connectivity index (χ2v) is 5.12. The van der Waals surface area contributed by atoms with E-state index in [0.717, 1.165) is 39.1 Å². The van der Waals surface area contributed by atoms with Crippen molar-refractivity contribution in [2.24, 2.45) is 0 Å². The van der Waals surface area contributed by atoms with E-state index in [4.69, 9.17) is 0 Å². The Hall–Kier alpha value is -1.39. The van der Waals surface area contributed by atoms with Gasteiger partial charge >= 0.3 is 0 Å². The summed E-state index contributed by atoms with van der Waals surface area (Å²) in [7, 11) is 2.15. The number of nitrogens with one attached hydrogen (secondary N) is 1. The number of likely N-dealkylation sites (N-methyl/N-ethyl adjacent to an activating group) is 1. The molecule has 1 N–H and O–H groups in total. The van der Waals surface area contributed by atoms with E-state index in [2.05, 4.69) is 34.8 Å². The minimum absolute atomic E-state index is 0.0265. The van der Waals surface area contributed by atoms with Crippen molar-refractivity contribution in [1.82, 2.24) is 15.1 Å². The van der Waals surface area contributed by atoms with Gasteiger partial charge in [-0.3, -0.25) is 9.69 Å². The Morgan fingerprint density at radius 3 is 2.60 bits per heavy atom. The summed E-state index contributed by atoms with van der Waals surface area (Å²) in [5.74, 6) is -0.0265. The van der Waals surface area contributed by atoms with Crippen LogP contribution in [0.25, 0.3) is 0 Å². The maximum atomic E-state index is 11.9. The van der Waals surface area contributed by atoms with Crippen molar-refractivity contribution in [3.05, 3.63) is 36.5 Å². The summed E-state index contributed by atoms with van der Waals surface area (Å²) < 4.78 is 0. The van der Waals surface area contributed by atoms with Crippen LogP contribution in [-0.4, -0.2) is 62.0 Å². The summed E-state index contributed by atoms with van der Waals surface area (Å²) in [6.07, 6.45) is 8.31. The fourth-order valence-corrected chi connectivity index (χ4v) is 2.03.